The maximum atomic E-state index is 3.51. The van der Waals surface area contributed by atoms with Crippen molar-refractivity contribution in [1.82, 2.24) is 5.32 Å². The average Bonchev–Trinajstić information content (AvgIpc) is 2.29. The Hall–Kier alpha value is -0.470. The van der Waals surface area contributed by atoms with E-state index in [2.05, 4.69) is 65.2 Å². The normalized spacial score (nSPS) is 28.0. The molecule has 3 atom stereocenters. The van der Waals surface area contributed by atoms with E-state index in [0.717, 1.165) is 0 Å². The summed E-state index contributed by atoms with van der Waals surface area (Å²) in [6, 6.07) is 7.50. The summed E-state index contributed by atoms with van der Waals surface area (Å²) in [5, 5.41) is 4.18. The highest BCUT2D eigenvalue weighted by atomic mass is 32.2. The minimum Gasteiger partial charge on any atom is -0.313 e. The number of benzene rings is 1. The van der Waals surface area contributed by atoms with Crippen LogP contribution in [-0.4, -0.2) is 12.3 Å². The molecule has 0 amide bonds. The molecule has 3 unspecified atom stereocenters. The summed E-state index contributed by atoms with van der Waals surface area (Å²) >= 11 is 2.02. The molecular weight excluding hydrogens is 238 g/mol. The van der Waals surface area contributed by atoms with Gasteiger partial charge in [0.1, 0.15) is 0 Å². The first-order chi connectivity index (χ1) is 8.34. The number of rotatable bonds is 1. The largest absolute Gasteiger partial charge is 0.313 e. The van der Waals surface area contributed by atoms with E-state index in [1.807, 2.05) is 11.8 Å². The van der Waals surface area contributed by atoms with Gasteiger partial charge in [-0.3, -0.25) is 0 Å². The van der Waals surface area contributed by atoms with Crippen LogP contribution < -0.4 is 5.32 Å². The molecular formula is C16H25NS. The Morgan fingerprint density at radius 3 is 2.39 bits per heavy atom. The minimum absolute atomic E-state index is 0.226. The second-order valence-corrected chi connectivity index (χ2v) is 7.87. The van der Waals surface area contributed by atoms with Crippen molar-refractivity contribution in [2.75, 3.05) is 7.05 Å². The Labute approximate surface area is 116 Å². The fraction of sp³-hybridized carbons (Fsp3) is 0.625. The zero-order valence-corrected chi connectivity index (χ0v) is 13.2. The van der Waals surface area contributed by atoms with Crippen LogP contribution in [0.5, 0.6) is 0 Å². The van der Waals surface area contributed by atoms with Gasteiger partial charge in [0, 0.05) is 16.2 Å². The molecule has 0 aliphatic carbocycles. The van der Waals surface area contributed by atoms with Gasteiger partial charge in [-0.2, -0.15) is 0 Å². The predicted octanol–water partition coefficient (Wildman–Crippen LogP) is 4.37. The molecule has 1 nitrogen and oxygen atoms in total. The van der Waals surface area contributed by atoms with Crippen LogP contribution >= 0.6 is 11.8 Å². The van der Waals surface area contributed by atoms with Gasteiger partial charge in [0.05, 0.1) is 0 Å². The van der Waals surface area contributed by atoms with Gasteiger partial charge in [-0.1, -0.05) is 46.8 Å². The summed E-state index contributed by atoms with van der Waals surface area (Å²) in [5.74, 6) is 0.669. The fourth-order valence-corrected chi connectivity index (χ4v) is 3.89. The zero-order valence-electron chi connectivity index (χ0n) is 12.4. The lowest BCUT2D eigenvalue weighted by molar-refractivity contribution is 0.395. The van der Waals surface area contributed by atoms with Crippen LogP contribution in [0.3, 0.4) is 0 Å². The molecule has 0 radical (unpaired) electrons. The Kier molecular flexibility index (Phi) is 3.80. The molecule has 2 heteroatoms. The van der Waals surface area contributed by atoms with Gasteiger partial charge in [0.2, 0.25) is 0 Å². The van der Waals surface area contributed by atoms with Crippen LogP contribution in [0.2, 0.25) is 0 Å². The molecule has 1 aliphatic heterocycles. The van der Waals surface area contributed by atoms with Crippen LogP contribution in [0, 0.1) is 5.92 Å². The van der Waals surface area contributed by atoms with Crippen molar-refractivity contribution in [1.29, 1.82) is 0 Å². The Balaban J connectivity index is 2.48. The number of nitrogens with one attached hydrogen (secondary N) is 1. The third-order valence-corrected chi connectivity index (χ3v) is 5.53. The second kappa shape index (κ2) is 4.90. The van der Waals surface area contributed by atoms with Crippen molar-refractivity contribution in [2.45, 2.75) is 56.2 Å². The zero-order chi connectivity index (χ0) is 13.5. The summed E-state index contributed by atoms with van der Waals surface area (Å²) < 4.78 is 0. The van der Waals surface area contributed by atoms with Gasteiger partial charge in [-0.25, -0.2) is 0 Å². The molecule has 0 aromatic heterocycles. The summed E-state index contributed by atoms with van der Waals surface area (Å²) in [6.45, 7) is 11.5. The standard InChI is InChI=1S/C16H25NS/c1-10-11(2)18-14-8-7-12(16(3,4)5)9-13(14)15(10)17-6/h7-11,15,17H,1-6H3. The molecule has 2 rings (SSSR count). The second-order valence-electron chi connectivity index (χ2n) is 6.45. The van der Waals surface area contributed by atoms with Crippen molar-refractivity contribution in [3.63, 3.8) is 0 Å². The number of thioether (sulfide) groups is 1. The molecule has 100 valence electrons. The monoisotopic (exact) mass is 263 g/mol. The lowest BCUT2D eigenvalue weighted by Gasteiger charge is -2.36. The van der Waals surface area contributed by atoms with E-state index in [4.69, 9.17) is 0 Å². The SMILES string of the molecule is CNC1c2cc(C(C)(C)C)ccc2SC(C)C1C. The van der Waals surface area contributed by atoms with Crippen molar-refractivity contribution in [2.24, 2.45) is 5.92 Å². The maximum absolute atomic E-state index is 3.51. The van der Waals surface area contributed by atoms with Gasteiger partial charge in [-0.05, 0) is 35.6 Å². The van der Waals surface area contributed by atoms with E-state index in [1.54, 1.807) is 0 Å². The van der Waals surface area contributed by atoms with E-state index in [9.17, 15) is 0 Å². The maximum Gasteiger partial charge on any atom is 0.0365 e. The van der Waals surface area contributed by atoms with E-state index >= 15 is 0 Å². The summed E-state index contributed by atoms with van der Waals surface area (Å²) in [6.07, 6.45) is 0. The quantitative estimate of drug-likeness (QED) is 0.807. The molecule has 1 aromatic carbocycles. The summed E-state index contributed by atoms with van der Waals surface area (Å²) in [4.78, 5) is 1.45. The number of hydrogen-bond acceptors (Lipinski definition) is 2. The lowest BCUT2D eigenvalue weighted by Crippen LogP contribution is -2.32. The lowest BCUT2D eigenvalue weighted by atomic mass is 9.83. The predicted molar refractivity (Wildman–Crippen MR) is 81.4 cm³/mol. The Morgan fingerprint density at radius 2 is 1.83 bits per heavy atom. The third kappa shape index (κ3) is 2.46. The van der Waals surface area contributed by atoms with E-state index in [-0.39, 0.29) is 5.41 Å². The van der Waals surface area contributed by atoms with Gasteiger partial charge >= 0.3 is 0 Å². The Bertz CT molecular complexity index is 433. The molecule has 1 aromatic rings. The van der Waals surface area contributed by atoms with Crippen molar-refractivity contribution < 1.29 is 0 Å². The first-order valence-corrected chi connectivity index (χ1v) is 7.71. The average molecular weight is 263 g/mol. The highest BCUT2D eigenvalue weighted by Crippen LogP contribution is 2.45. The van der Waals surface area contributed by atoms with Crippen LogP contribution in [-0.2, 0) is 5.41 Å². The van der Waals surface area contributed by atoms with Crippen LogP contribution in [0.25, 0.3) is 0 Å². The van der Waals surface area contributed by atoms with Gasteiger partial charge in [0.25, 0.3) is 0 Å². The molecule has 0 bridgehead atoms. The summed E-state index contributed by atoms with van der Waals surface area (Å²) in [5.41, 5.74) is 3.15. The van der Waals surface area contributed by atoms with Crippen LogP contribution in [0.4, 0.5) is 0 Å². The van der Waals surface area contributed by atoms with Crippen molar-refractivity contribution >= 4 is 11.8 Å². The fourth-order valence-electron chi connectivity index (χ4n) is 2.65. The van der Waals surface area contributed by atoms with E-state index < -0.39 is 0 Å². The molecule has 1 heterocycles. The topological polar surface area (TPSA) is 12.0 Å². The van der Waals surface area contributed by atoms with Crippen molar-refractivity contribution in [3.8, 4) is 0 Å². The number of hydrogen-bond donors (Lipinski definition) is 1. The smallest absolute Gasteiger partial charge is 0.0365 e. The third-order valence-electron chi connectivity index (χ3n) is 4.10. The minimum atomic E-state index is 0.226. The number of fused-ring (bicyclic) bond motifs is 1. The van der Waals surface area contributed by atoms with Crippen LogP contribution in [0.1, 0.15) is 51.8 Å². The molecule has 18 heavy (non-hydrogen) atoms. The van der Waals surface area contributed by atoms with E-state index in [1.165, 1.54) is 16.0 Å². The van der Waals surface area contributed by atoms with Gasteiger partial charge in [-0.15, -0.1) is 11.8 Å². The van der Waals surface area contributed by atoms with E-state index in [0.29, 0.717) is 17.2 Å². The van der Waals surface area contributed by atoms with Gasteiger partial charge < -0.3 is 5.32 Å². The molecule has 0 fully saturated rings. The molecule has 1 aliphatic rings. The highest BCUT2D eigenvalue weighted by molar-refractivity contribution is 8.00. The molecule has 1 N–H and O–H groups in total. The Morgan fingerprint density at radius 1 is 1.17 bits per heavy atom. The molecule has 0 saturated carbocycles. The first-order valence-electron chi connectivity index (χ1n) is 6.83. The first kappa shape index (κ1) is 14.0. The highest BCUT2D eigenvalue weighted by Gasteiger charge is 2.31. The van der Waals surface area contributed by atoms with Crippen LogP contribution in [0.15, 0.2) is 23.1 Å². The van der Waals surface area contributed by atoms with Crippen molar-refractivity contribution in [3.05, 3.63) is 29.3 Å². The van der Waals surface area contributed by atoms with Gasteiger partial charge in [0.15, 0.2) is 0 Å². The molecule has 0 spiro atoms. The molecule has 0 saturated heterocycles. The summed E-state index contributed by atoms with van der Waals surface area (Å²) in [7, 11) is 2.08.